The Morgan fingerprint density at radius 1 is 1.56 bits per heavy atom. The second-order valence-electron chi connectivity index (χ2n) is 4.02. The minimum Gasteiger partial charge on any atom is -0.314 e. The van der Waals surface area contributed by atoms with Crippen LogP contribution in [0.2, 0.25) is 0 Å². The third kappa shape index (κ3) is 1.98. The summed E-state index contributed by atoms with van der Waals surface area (Å²) in [6.07, 6.45) is 2.92. The first-order valence-corrected chi connectivity index (χ1v) is 6.67. The Balaban J connectivity index is 2.31. The fraction of sp³-hybridized carbons (Fsp3) is 0.667. The second-order valence-corrected chi connectivity index (χ2v) is 5.91. The van der Waals surface area contributed by atoms with Gasteiger partial charge in [-0.05, 0) is 6.92 Å². The van der Waals surface area contributed by atoms with Crippen molar-refractivity contribution in [3.05, 3.63) is 12.4 Å². The van der Waals surface area contributed by atoms with Gasteiger partial charge in [-0.3, -0.25) is 4.68 Å². The van der Waals surface area contributed by atoms with Gasteiger partial charge in [0.15, 0.2) is 0 Å². The van der Waals surface area contributed by atoms with Crippen LogP contribution in [0, 0.1) is 0 Å². The second kappa shape index (κ2) is 4.15. The van der Waals surface area contributed by atoms with Gasteiger partial charge in [-0.1, -0.05) is 0 Å². The Hall–Kier alpha value is -0.920. The lowest BCUT2D eigenvalue weighted by Gasteiger charge is -2.32. The fourth-order valence-corrected chi connectivity index (χ4v) is 3.46. The summed E-state index contributed by atoms with van der Waals surface area (Å²) in [6, 6.07) is -0.0149. The molecule has 0 spiro atoms. The van der Waals surface area contributed by atoms with Gasteiger partial charge in [-0.15, -0.1) is 0 Å². The van der Waals surface area contributed by atoms with Crippen molar-refractivity contribution in [1.82, 2.24) is 19.4 Å². The molecule has 1 fully saturated rings. The van der Waals surface area contributed by atoms with Crippen LogP contribution in [0.5, 0.6) is 0 Å². The minimum atomic E-state index is -3.38. The zero-order chi connectivity index (χ0) is 11.8. The van der Waals surface area contributed by atoms with Crippen molar-refractivity contribution in [2.24, 2.45) is 7.05 Å². The van der Waals surface area contributed by atoms with Gasteiger partial charge in [0.25, 0.3) is 0 Å². The summed E-state index contributed by atoms with van der Waals surface area (Å²) in [6.45, 7) is 3.81. The van der Waals surface area contributed by atoms with Crippen molar-refractivity contribution in [2.75, 3.05) is 19.6 Å². The molecular weight excluding hydrogens is 228 g/mol. The quantitative estimate of drug-likeness (QED) is 0.754. The maximum atomic E-state index is 12.3. The first kappa shape index (κ1) is 11.6. The van der Waals surface area contributed by atoms with E-state index < -0.39 is 10.0 Å². The molecule has 1 aromatic rings. The van der Waals surface area contributed by atoms with Crippen LogP contribution < -0.4 is 5.32 Å². The van der Waals surface area contributed by atoms with Gasteiger partial charge < -0.3 is 5.32 Å². The Kier molecular flexibility index (Phi) is 3.00. The molecule has 90 valence electrons. The smallest absolute Gasteiger partial charge is 0.246 e. The average Bonchev–Trinajstić information content (AvgIpc) is 2.66. The molecule has 7 heteroatoms. The van der Waals surface area contributed by atoms with Crippen molar-refractivity contribution in [3.63, 3.8) is 0 Å². The highest BCUT2D eigenvalue weighted by atomic mass is 32.2. The van der Waals surface area contributed by atoms with Gasteiger partial charge in [0.05, 0.1) is 6.20 Å². The van der Waals surface area contributed by atoms with E-state index in [1.807, 2.05) is 6.92 Å². The topological polar surface area (TPSA) is 67.2 Å². The van der Waals surface area contributed by atoms with Crippen LogP contribution in [-0.4, -0.2) is 48.2 Å². The number of rotatable bonds is 2. The van der Waals surface area contributed by atoms with Crippen LogP contribution in [-0.2, 0) is 17.1 Å². The normalized spacial score (nSPS) is 23.5. The molecule has 1 aromatic heterocycles. The van der Waals surface area contributed by atoms with Crippen molar-refractivity contribution in [1.29, 1.82) is 0 Å². The molecule has 1 aliphatic rings. The van der Waals surface area contributed by atoms with Crippen LogP contribution in [0.1, 0.15) is 6.92 Å². The number of hydrogen-bond acceptors (Lipinski definition) is 4. The van der Waals surface area contributed by atoms with Gasteiger partial charge in [0.1, 0.15) is 4.90 Å². The molecule has 0 radical (unpaired) electrons. The summed E-state index contributed by atoms with van der Waals surface area (Å²) in [4.78, 5) is 0.267. The predicted octanol–water partition coefficient (Wildman–Crippen LogP) is -0.597. The molecule has 6 nitrogen and oxygen atoms in total. The molecule has 1 N–H and O–H groups in total. The Morgan fingerprint density at radius 2 is 2.31 bits per heavy atom. The van der Waals surface area contributed by atoms with Crippen LogP contribution in [0.3, 0.4) is 0 Å². The summed E-state index contributed by atoms with van der Waals surface area (Å²) in [7, 11) is -1.67. The van der Waals surface area contributed by atoms with E-state index in [9.17, 15) is 8.42 Å². The van der Waals surface area contributed by atoms with Crippen LogP contribution in [0.15, 0.2) is 17.3 Å². The van der Waals surface area contributed by atoms with E-state index in [4.69, 9.17) is 0 Å². The summed E-state index contributed by atoms with van der Waals surface area (Å²) >= 11 is 0. The SMILES string of the molecule is C[C@@H]1CNCCN1S(=O)(=O)c1cnn(C)c1. The molecule has 0 amide bonds. The molecular formula is C9H16N4O2S. The number of hydrogen-bond donors (Lipinski definition) is 1. The number of nitrogens with one attached hydrogen (secondary N) is 1. The number of nitrogens with zero attached hydrogens (tertiary/aromatic N) is 3. The molecule has 1 aliphatic heterocycles. The number of aromatic nitrogens is 2. The maximum Gasteiger partial charge on any atom is 0.246 e. The van der Waals surface area contributed by atoms with E-state index in [1.54, 1.807) is 7.05 Å². The zero-order valence-electron chi connectivity index (χ0n) is 9.42. The monoisotopic (exact) mass is 244 g/mol. The van der Waals surface area contributed by atoms with Crippen molar-refractivity contribution < 1.29 is 8.42 Å². The fourth-order valence-electron chi connectivity index (χ4n) is 1.85. The first-order valence-electron chi connectivity index (χ1n) is 5.23. The lowest BCUT2D eigenvalue weighted by molar-refractivity contribution is 0.284. The van der Waals surface area contributed by atoms with Gasteiger partial charge >= 0.3 is 0 Å². The van der Waals surface area contributed by atoms with E-state index in [-0.39, 0.29) is 10.9 Å². The summed E-state index contributed by atoms with van der Waals surface area (Å²) < 4.78 is 27.5. The maximum absolute atomic E-state index is 12.3. The Morgan fingerprint density at radius 3 is 2.88 bits per heavy atom. The van der Waals surface area contributed by atoms with Crippen molar-refractivity contribution in [3.8, 4) is 0 Å². The highest BCUT2D eigenvalue weighted by Gasteiger charge is 2.31. The summed E-state index contributed by atoms with van der Waals surface area (Å²) in [5.74, 6) is 0. The molecule has 1 saturated heterocycles. The van der Waals surface area contributed by atoms with Crippen molar-refractivity contribution >= 4 is 10.0 Å². The number of piperazine rings is 1. The number of aryl methyl sites for hydroxylation is 1. The highest BCUT2D eigenvalue weighted by Crippen LogP contribution is 2.18. The molecule has 0 aromatic carbocycles. The molecule has 2 heterocycles. The molecule has 16 heavy (non-hydrogen) atoms. The zero-order valence-corrected chi connectivity index (χ0v) is 10.2. The number of sulfonamides is 1. The average molecular weight is 244 g/mol. The molecule has 0 bridgehead atoms. The molecule has 0 aliphatic carbocycles. The van der Waals surface area contributed by atoms with Crippen molar-refractivity contribution in [2.45, 2.75) is 17.9 Å². The van der Waals surface area contributed by atoms with E-state index in [0.717, 1.165) is 0 Å². The molecule has 2 rings (SSSR count). The molecule has 0 saturated carbocycles. The van der Waals surface area contributed by atoms with E-state index in [1.165, 1.54) is 21.4 Å². The van der Waals surface area contributed by atoms with E-state index in [2.05, 4.69) is 10.4 Å². The van der Waals surface area contributed by atoms with E-state index in [0.29, 0.717) is 19.6 Å². The van der Waals surface area contributed by atoms with Gasteiger partial charge in [-0.2, -0.15) is 9.40 Å². The van der Waals surface area contributed by atoms with Gasteiger partial charge in [0, 0.05) is 38.9 Å². The van der Waals surface area contributed by atoms with Gasteiger partial charge in [-0.25, -0.2) is 8.42 Å². The molecule has 1 atom stereocenters. The third-order valence-corrected chi connectivity index (χ3v) is 4.69. The highest BCUT2D eigenvalue weighted by molar-refractivity contribution is 7.89. The first-order chi connectivity index (χ1) is 7.51. The van der Waals surface area contributed by atoms with Crippen LogP contribution in [0.4, 0.5) is 0 Å². The predicted molar refractivity (Wildman–Crippen MR) is 59.4 cm³/mol. The van der Waals surface area contributed by atoms with E-state index >= 15 is 0 Å². The lowest BCUT2D eigenvalue weighted by atomic mass is 10.3. The summed E-state index contributed by atoms with van der Waals surface area (Å²) in [5, 5.41) is 7.06. The van der Waals surface area contributed by atoms with Crippen LogP contribution >= 0.6 is 0 Å². The lowest BCUT2D eigenvalue weighted by Crippen LogP contribution is -2.52. The van der Waals surface area contributed by atoms with Gasteiger partial charge in [0.2, 0.25) is 10.0 Å². The molecule has 0 unspecified atom stereocenters. The standard InChI is InChI=1S/C9H16N4O2S/c1-8-5-10-3-4-13(8)16(14,15)9-6-11-12(2)7-9/h6-8,10H,3-5H2,1-2H3/t8-/m1/s1. The third-order valence-electron chi connectivity index (χ3n) is 2.73. The largest absolute Gasteiger partial charge is 0.314 e. The summed E-state index contributed by atoms with van der Waals surface area (Å²) in [5.41, 5.74) is 0. The minimum absolute atomic E-state index is 0.0149. The Labute approximate surface area is 95.3 Å². The van der Waals surface area contributed by atoms with Crippen LogP contribution in [0.25, 0.3) is 0 Å². The Bertz CT molecular complexity index is 468.